The van der Waals surface area contributed by atoms with Gasteiger partial charge < -0.3 is 15.2 Å². The highest BCUT2D eigenvalue weighted by molar-refractivity contribution is 7.10. The van der Waals surface area contributed by atoms with Crippen LogP contribution in [0.25, 0.3) is 0 Å². The summed E-state index contributed by atoms with van der Waals surface area (Å²) in [7, 11) is 0. The third kappa shape index (κ3) is 3.18. The molecule has 0 radical (unpaired) electrons. The van der Waals surface area contributed by atoms with E-state index in [1.165, 1.54) is 11.3 Å². The molecule has 2 heterocycles. The largest absolute Gasteiger partial charge is 0.490 e. The molecule has 4 nitrogen and oxygen atoms in total. The Bertz CT molecular complexity index is 712. The summed E-state index contributed by atoms with van der Waals surface area (Å²) in [5.74, 6) is 0.0436. The third-order valence-electron chi connectivity index (χ3n) is 3.50. The molecule has 23 heavy (non-hydrogen) atoms. The Hall–Kier alpha value is -2.06. The predicted molar refractivity (Wildman–Crippen MR) is 77.5 cm³/mol. The summed E-state index contributed by atoms with van der Waals surface area (Å²) in [6.45, 7) is 0.0433. The molecule has 122 valence electrons. The van der Waals surface area contributed by atoms with E-state index in [2.05, 4.69) is 5.32 Å². The lowest BCUT2D eigenvalue weighted by Crippen LogP contribution is -2.41. The number of hydrogen-bond acceptors (Lipinski definition) is 4. The van der Waals surface area contributed by atoms with Crippen molar-refractivity contribution in [1.82, 2.24) is 5.32 Å². The highest BCUT2D eigenvalue weighted by Gasteiger charge is 2.33. The Balaban J connectivity index is 1.77. The summed E-state index contributed by atoms with van der Waals surface area (Å²) in [6, 6.07) is 5.02. The molecule has 0 aliphatic carbocycles. The van der Waals surface area contributed by atoms with Gasteiger partial charge in [0, 0.05) is 5.56 Å². The zero-order valence-electron chi connectivity index (χ0n) is 11.6. The Kier molecular flexibility index (Phi) is 4.03. The fourth-order valence-corrected chi connectivity index (χ4v) is 3.24. The number of nitrogens with one attached hydrogen (secondary N) is 1. The number of carbonyl (C=O) groups excluding carboxylic acids is 1. The van der Waals surface area contributed by atoms with Gasteiger partial charge in [0.25, 0.3) is 5.91 Å². The molecule has 2 atom stereocenters. The van der Waals surface area contributed by atoms with Crippen molar-refractivity contribution in [2.24, 2.45) is 0 Å². The van der Waals surface area contributed by atoms with Crippen LogP contribution in [0.3, 0.4) is 0 Å². The second-order valence-electron chi connectivity index (χ2n) is 5.05. The molecule has 3 rings (SSSR count). The maximum Gasteiger partial charge on any atom is 0.416 e. The van der Waals surface area contributed by atoms with E-state index in [9.17, 15) is 23.1 Å². The number of rotatable bonds is 2. The van der Waals surface area contributed by atoms with E-state index >= 15 is 0 Å². The number of alkyl halides is 3. The Morgan fingerprint density at radius 1 is 1.26 bits per heavy atom. The molecule has 0 spiro atoms. The van der Waals surface area contributed by atoms with Crippen LogP contribution < -0.4 is 10.1 Å². The highest BCUT2D eigenvalue weighted by atomic mass is 32.1. The number of ether oxygens (including phenoxy) is 1. The van der Waals surface area contributed by atoms with Crippen LogP contribution in [-0.4, -0.2) is 23.7 Å². The average Bonchev–Trinajstić information content (AvgIpc) is 2.98. The zero-order chi connectivity index (χ0) is 16.6. The lowest BCUT2D eigenvalue weighted by molar-refractivity contribution is -0.137. The van der Waals surface area contributed by atoms with E-state index in [0.29, 0.717) is 10.6 Å². The first-order chi connectivity index (χ1) is 10.9. The van der Waals surface area contributed by atoms with Crippen molar-refractivity contribution in [3.63, 3.8) is 0 Å². The van der Waals surface area contributed by atoms with Crippen LogP contribution in [0.1, 0.15) is 26.8 Å². The summed E-state index contributed by atoms with van der Waals surface area (Å²) in [5.41, 5.74) is -0.726. The van der Waals surface area contributed by atoms with Crippen molar-refractivity contribution in [2.75, 3.05) is 6.61 Å². The topological polar surface area (TPSA) is 58.6 Å². The molecule has 8 heteroatoms. The molecular formula is C15H12F3NO3S. The highest BCUT2D eigenvalue weighted by Crippen LogP contribution is 2.37. The van der Waals surface area contributed by atoms with Gasteiger partial charge in [0.1, 0.15) is 18.5 Å². The van der Waals surface area contributed by atoms with Crippen molar-refractivity contribution in [3.8, 4) is 5.75 Å². The molecule has 2 N–H and O–H groups in total. The van der Waals surface area contributed by atoms with E-state index in [4.69, 9.17) is 4.74 Å². The number of amides is 1. The van der Waals surface area contributed by atoms with Crippen molar-refractivity contribution in [1.29, 1.82) is 0 Å². The standard InChI is InChI=1S/C15H12F3NO3S/c16-15(17,18)9-3-1-8(2-4-9)14(21)19-12-10(20)7-22-11-5-6-23-13(11)12/h1-6,10,12,20H,7H2,(H,19,21). The second kappa shape index (κ2) is 5.86. The van der Waals surface area contributed by atoms with E-state index in [1.807, 2.05) is 0 Å². The van der Waals surface area contributed by atoms with Gasteiger partial charge in [-0.15, -0.1) is 11.3 Å². The third-order valence-corrected chi connectivity index (χ3v) is 4.48. The quantitative estimate of drug-likeness (QED) is 0.881. The van der Waals surface area contributed by atoms with Crippen LogP contribution in [0.15, 0.2) is 35.7 Å². The van der Waals surface area contributed by atoms with Gasteiger partial charge in [-0.1, -0.05) is 0 Å². The van der Waals surface area contributed by atoms with Gasteiger partial charge in [0.2, 0.25) is 0 Å². The maximum absolute atomic E-state index is 12.5. The van der Waals surface area contributed by atoms with Gasteiger partial charge in [-0.05, 0) is 35.7 Å². The van der Waals surface area contributed by atoms with Crippen molar-refractivity contribution in [3.05, 3.63) is 51.7 Å². The molecule has 1 aliphatic rings. The number of thiophene rings is 1. The molecule has 0 bridgehead atoms. The lowest BCUT2D eigenvalue weighted by atomic mass is 10.1. The fourth-order valence-electron chi connectivity index (χ4n) is 2.30. The van der Waals surface area contributed by atoms with Crippen molar-refractivity contribution in [2.45, 2.75) is 18.3 Å². The minimum absolute atomic E-state index is 0.0433. The number of hydrogen-bond donors (Lipinski definition) is 2. The summed E-state index contributed by atoms with van der Waals surface area (Å²) in [5, 5.41) is 14.4. The minimum Gasteiger partial charge on any atom is -0.490 e. The first kappa shape index (κ1) is 15.8. The van der Waals surface area contributed by atoms with Crippen molar-refractivity contribution >= 4 is 17.2 Å². The fraction of sp³-hybridized carbons (Fsp3) is 0.267. The van der Waals surface area contributed by atoms with Crippen molar-refractivity contribution < 1.29 is 27.8 Å². The summed E-state index contributed by atoms with van der Waals surface area (Å²) < 4.78 is 42.9. The Labute approximate surface area is 133 Å². The maximum atomic E-state index is 12.5. The van der Waals surface area contributed by atoms with Crippen LogP contribution in [0.5, 0.6) is 5.75 Å². The first-order valence-corrected chi connectivity index (χ1v) is 7.60. The van der Waals surface area contributed by atoms with Crippen LogP contribution >= 0.6 is 11.3 Å². The van der Waals surface area contributed by atoms with Gasteiger partial charge in [-0.2, -0.15) is 13.2 Å². The van der Waals surface area contributed by atoms with E-state index in [1.54, 1.807) is 11.4 Å². The number of halogens is 3. The van der Waals surface area contributed by atoms with Gasteiger partial charge >= 0.3 is 6.18 Å². The van der Waals surface area contributed by atoms with Gasteiger partial charge in [0.05, 0.1) is 16.5 Å². The number of benzene rings is 1. The van der Waals surface area contributed by atoms with Gasteiger partial charge in [-0.25, -0.2) is 0 Å². The molecule has 0 saturated carbocycles. The molecule has 2 unspecified atom stereocenters. The molecule has 0 saturated heterocycles. The van der Waals surface area contributed by atoms with Crippen LogP contribution in [0.4, 0.5) is 13.2 Å². The minimum atomic E-state index is -4.45. The van der Waals surface area contributed by atoms with Gasteiger partial charge in [-0.3, -0.25) is 4.79 Å². The lowest BCUT2D eigenvalue weighted by Gasteiger charge is -2.28. The van der Waals surface area contributed by atoms with E-state index in [-0.39, 0.29) is 12.2 Å². The molecular weight excluding hydrogens is 331 g/mol. The molecule has 1 amide bonds. The molecule has 1 aromatic carbocycles. The normalized spacial score (nSPS) is 20.5. The molecule has 1 aliphatic heterocycles. The first-order valence-electron chi connectivity index (χ1n) is 6.72. The Morgan fingerprint density at radius 2 is 1.96 bits per heavy atom. The Morgan fingerprint density at radius 3 is 2.61 bits per heavy atom. The second-order valence-corrected chi connectivity index (χ2v) is 6.00. The molecule has 0 fully saturated rings. The van der Waals surface area contributed by atoms with Gasteiger partial charge in [0.15, 0.2) is 0 Å². The summed E-state index contributed by atoms with van der Waals surface area (Å²) >= 11 is 1.33. The predicted octanol–water partition coefficient (Wildman–Crippen LogP) is 2.99. The molecule has 2 aromatic rings. The number of aliphatic hydroxyl groups is 1. The number of carbonyl (C=O) groups is 1. The monoisotopic (exact) mass is 343 g/mol. The van der Waals surface area contributed by atoms with E-state index < -0.39 is 29.8 Å². The summed E-state index contributed by atoms with van der Waals surface area (Å²) in [4.78, 5) is 12.9. The summed E-state index contributed by atoms with van der Waals surface area (Å²) in [6.07, 6.45) is -5.36. The SMILES string of the molecule is O=C(NC1c2sccc2OCC1O)c1ccc(C(F)(F)F)cc1. The van der Waals surface area contributed by atoms with E-state index in [0.717, 1.165) is 24.3 Å². The van der Waals surface area contributed by atoms with Crippen LogP contribution in [0.2, 0.25) is 0 Å². The average molecular weight is 343 g/mol. The number of aliphatic hydroxyl groups excluding tert-OH is 1. The van der Waals surface area contributed by atoms with Crippen LogP contribution in [0, 0.1) is 0 Å². The van der Waals surface area contributed by atoms with Crippen LogP contribution in [-0.2, 0) is 6.18 Å². The zero-order valence-corrected chi connectivity index (χ0v) is 12.4. The smallest absolute Gasteiger partial charge is 0.416 e. The number of fused-ring (bicyclic) bond motifs is 1. The molecule has 1 aromatic heterocycles.